The van der Waals surface area contributed by atoms with E-state index in [2.05, 4.69) is 15.6 Å². The summed E-state index contributed by atoms with van der Waals surface area (Å²) >= 11 is 0. The Hall–Kier alpha value is -2.89. The van der Waals surface area contributed by atoms with E-state index in [9.17, 15) is 9.59 Å². The Kier molecular flexibility index (Phi) is 5.21. The van der Waals surface area contributed by atoms with Crippen LogP contribution in [0.15, 0.2) is 48.7 Å². The Morgan fingerprint density at radius 1 is 1.12 bits per heavy atom. The summed E-state index contributed by atoms with van der Waals surface area (Å²) in [5.41, 5.74) is 0.336. The minimum Gasteiger partial charge on any atom is -0.489 e. The first-order valence-corrected chi connectivity index (χ1v) is 8.76. The van der Waals surface area contributed by atoms with Crippen LogP contribution in [-0.2, 0) is 16.1 Å². The molecule has 26 heavy (non-hydrogen) atoms. The van der Waals surface area contributed by atoms with E-state index < -0.39 is 5.41 Å². The van der Waals surface area contributed by atoms with Gasteiger partial charge in [0.2, 0.25) is 11.8 Å². The standard InChI is InChI=1S/C20H23N3O3/c1-14(2)26-17-9-4-3-8-16(17)23-19(25)20(10-11-20)18(24)22-13-15-7-5-6-12-21-15/h3-9,12,14H,10-11,13H2,1-2H3,(H,22,24)(H,23,25). The van der Waals surface area contributed by atoms with Gasteiger partial charge in [0, 0.05) is 6.20 Å². The molecule has 3 rings (SSSR count). The fraction of sp³-hybridized carbons (Fsp3) is 0.350. The van der Waals surface area contributed by atoms with E-state index >= 15 is 0 Å². The van der Waals surface area contributed by atoms with Crippen molar-refractivity contribution in [2.24, 2.45) is 5.41 Å². The molecule has 0 atom stereocenters. The minimum atomic E-state index is -1.00. The lowest BCUT2D eigenvalue weighted by Crippen LogP contribution is -2.39. The molecule has 1 aliphatic carbocycles. The molecule has 1 heterocycles. The highest BCUT2D eigenvalue weighted by atomic mass is 16.5. The molecule has 0 spiro atoms. The number of carbonyl (C=O) groups is 2. The monoisotopic (exact) mass is 353 g/mol. The Morgan fingerprint density at radius 2 is 1.85 bits per heavy atom. The third kappa shape index (κ3) is 4.02. The third-order valence-electron chi connectivity index (χ3n) is 4.27. The smallest absolute Gasteiger partial charge is 0.240 e. The number of aromatic nitrogens is 1. The fourth-order valence-corrected chi connectivity index (χ4v) is 2.69. The molecule has 0 radical (unpaired) electrons. The van der Waals surface area contributed by atoms with Gasteiger partial charge in [-0.25, -0.2) is 0 Å². The quantitative estimate of drug-likeness (QED) is 0.750. The summed E-state index contributed by atoms with van der Waals surface area (Å²) < 4.78 is 5.72. The van der Waals surface area contributed by atoms with Crippen LogP contribution in [0.1, 0.15) is 32.4 Å². The molecule has 0 unspecified atom stereocenters. The summed E-state index contributed by atoms with van der Waals surface area (Å²) in [5.74, 6) is 0.0410. The highest BCUT2D eigenvalue weighted by molar-refractivity contribution is 6.13. The van der Waals surface area contributed by atoms with E-state index in [0.29, 0.717) is 30.8 Å². The van der Waals surface area contributed by atoms with E-state index in [1.165, 1.54) is 0 Å². The van der Waals surface area contributed by atoms with Crippen molar-refractivity contribution in [3.05, 3.63) is 54.4 Å². The molecule has 2 amide bonds. The van der Waals surface area contributed by atoms with E-state index in [4.69, 9.17) is 4.74 Å². The Bertz CT molecular complexity index is 786. The first-order chi connectivity index (χ1) is 12.5. The van der Waals surface area contributed by atoms with E-state index in [-0.39, 0.29) is 17.9 Å². The van der Waals surface area contributed by atoms with Crippen molar-refractivity contribution in [3.63, 3.8) is 0 Å². The molecule has 1 saturated carbocycles. The molecule has 0 saturated heterocycles. The van der Waals surface area contributed by atoms with E-state index in [1.54, 1.807) is 18.3 Å². The van der Waals surface area contributed by atoms with Gasteiger partial charge in [-0.2, -0.15) is 0 Å². The maximum atomic E-state index is 12.7. The van der Waals surface area contributed by atoms with Crippen LogP contribution in [0.5, 0.6) is 5.75 Å². The second-order valence-corrected chi connectivity index (χ2v) is 6.70. The molecule has 2 aromatic rings. The summed E-state index contributed by atoms with van der Waals surface area (Å²) in [5, 5.41) is 5.68. The number of pyridine rings is 1. The molecule has 1 aromatic carbocycles. The van der Waals surface area contributed by atoms with Crippen LogP contribution in [0.2, 0.25) is 0 Å². The van der Waals surface area contributed by atoms with Crippen LogP contribution in [-0.4, -0.2) is 22.9 Å². The Balaban J connectivity index is 1.65. The van der Waals surface area contributed by atoms with Crippen molar-refractivity contribution in [1.82, 2.24) is 10.3 Å². The van der Waals surface area contributed by atoms with Gasteiger partial charge in [0.15, 0.2) is 0 Å². The van der Waals surface area contributed by atoms with Crippen molar-refractivity contribution in [2.75, 3.05) is 5.32 Å². The highest BCUT2D eigenvalue weighted by Gasteiger charge is 2.56. The number of anilines is 1. The molecule has 2 N–H and O–H groups in total. The van der Waals surface area contributed by atoms with Crippen LogP contribution in [0, 0.1) is 5.41 Å². The lowest BCUT2D eigenvalue weighted by atomic mass is 10.0. The van der Waals surface area contributed by atoms with Gasteiger partial charge in [-0.3, -0.25) is 14.6 Å². The Morgan fingerprint density at radius 3 is 2.50 bits per heavy atom. The Labute approximate surface area is 153 Å². The molecule has 136 valence electrons. The normalized spacial score (nSPS) is 14.6. The highest BCUT2D eigenvalue weighted by Crippen LogP contribution is 2.47. The van der Waals surface area contributed by atoms with Crippen molar-refractivity contribution in [2.45, 2.75) is 39.3 Å². The summed E-state index contributed by atoms with van der Waals surface area (Å²) in [4.78, 5) is 29.5. The maximum absolute atomic E-state index is 12.7. The van der Waals surface area contributed by atoms with Crippen molar-refractivity contribution >= 4 is 17.5 Å². The third-order valence-corrected chi connectivity index (χ3v) is 4.27. The number of para-hydroxylation sites is 2. The average molecular weight is 353 g/mol. The number of ether oxygens (including phenoxy) is 1. The molecular formula is C20H23N3O3. The molecule has 1 fully saturated rings. The minimum absolute atomic E-state index is 0.00962. The van der Waals surface area contributed by atoms with Crippen molar-refractivity contribution in [3.8, 4) is 5.75 Å². The second kappa shape index (κ2) is 7.56. The van der Waals surface area contributed by atoms with Gasteiger partial charge >= 0.3 is 0 Å². The zero-order valence-electron chi connectivity index (χ0n) is 15.0. The first kappa shape index (κ1) is 17.9. The first-order valence-electron chi connectivity index (χ1n) is 8.76. The van der Waals surface area contributed by atoms with Crippen LogP contribution < -0.4 is 15.4 Å². The number of nitrogens with one attached hydrogen (secondary N) is 2. The average Bonchev–Trinajstić information content (AvgIpc) is 3.44. The lowest BCUT2D eigenvalue weighted by Gasteiger charge is -2.18. The molecule has 1 aliphatic rings. The van der Waals surface area contributed by atoms with E-state index in [1.807, 2.05) is 44.2 Å². The molecule has 1 aromatic heterocycles. The fourth-order valence-electron chi connectivity index (χ4n) is 2.69. The van der Waals surface area contributed by atoms with Gasteiger partial charge < -0.3 is 15.4 Å². The van der Waals surface area contributed by atoms with Gasteiger partial charge in [-0.05, 0) is 51.0 Å². The van der Waals surface area contributed by atoms with Crippen molar-refractivity contribution in [1.29, 1.82) is 0 Å². The predicted molar refractivity (Wildman–Crippen MR) is 98.6 cm³/mol. The summed E-state index contributed by atoms with van der Waals surface area (Å²) in [6.45, 7) is 4.15. The van der Waals surface area contributed by atoms with Gasteiger partial charge in [0.25, 0.3) is 0 Å². The topological polar surface area (TPSA) is 80.3 Å². The summed E-state index contributed by atoms with van der Waals surface area (Å²) in [6.07, 6.45) is 2.75. The number of hydrogen-bond acceptors (Lipinski definition) is 4. The number of rotatable bonds is 7. The molecule has 0 aliphatic heterocycles. The molecule has 0 bridgehead atoms. The predicted octanol–water partition coefficient (Wildman–Crippen LogP) is 2.90. The number of hydrogen-bond donors (Lipinski definition) is 2. The number of nitrogens with zero attached hydrogens (tertiary/aromatic N) is 1. The SMILES string of the molecule is CC(C)Oc1ccccc1NC(=O)C1(C(=O)NCc2ccccn2)CC1. The summed E-state index contributed by atoms with van der Waals surface area (Å²) in [6, 6.07) is 12.8. The van der Waals surface area contributed by atoms with Crippen LogP contribution in [0.4, 0.5) is 5.69 Å². The second-order valence-electron chi connectivity index (χ2n) is 6.70. The molecular weight excluding hydrogens is 330 g/mol. The van der Waals surface area contributed by atoms with Crippen LogP contribution in [0.25, 0.3) is 0 Å². The molecule has 6 nitrogen and oxygen atoms in total. The van der Waals surface area contributed by atoms with Crippen LogP contribution >= 0.6 is 0 Å². The lowest BCUT2D eigenvalue weighted by molar-refractivity contribution is -0.134. The molecule has 6 heteroatoms. The largest absolute Gasteiger partial charge is 0.489 e. The van der Waals surface area contributed by atoms with Gasteiger partial charge in [-0.1, -0.05) is 18.2 Å². The summed E-state index contributed by atoms with van der Waals surface area (Å²) in [7, 11) is 0. The number of carbonyl (C=O) groups excluding carboxylic acids is 2. The van der Waals surface area contributed by atoms with Gasteiger partial charge in [-0.15, -0.1) is 0 Å². The van der Waals surface area contributed by atoms with Crippen LogP contribution in [0.3, 0.4) is 0 Å². The van der Waals surface area contributed by atoms with Crippen molar-refractivity contribution < 1.29 is 14.3 Å². The van der Waals surface area contributed by atoms with Gasteiger partial charge in [0.05, 0.1) is 24.0 Å². The van der Waals surface area contributed by atoms with Gasteiger partial charge in [0.1, 0.15) is 11.2 Å². The maximum Gasteiger partial charge on any atom is 0.240 e. The number of amides is 2. The van der Waals surface area contributed by atoms with E-state index in [0.717, 1.165) is 5.69 Å². The zero-order chi connectivity index (χ0) is 18.6. The number of benzene rings is 1. The zero-order valence-corrected chi connectivity index (χ0v) is 15.0.